The number of para-hydroxylation sites is 1. The van der Waals surface area contributed by atoms with Gasteiger partial charge in [-0.1, -0.05) is 35.6 Å². The molecule has 1 saturated heterocycles. The Morgan fingerprint density at radius 3 is 2.50 bits per heavy atom. The molecule has 1 aliphatic heterocycles. The van der Waals surface area contributed by atoms with Crippen molar-refractivity contribution in [2.24, 2.45) is 0 Å². The van der Waals surface area contributed by atoms with Gasteiger partial charge in [0.05, 0.1) is 6.20 Å². The number of aromatic nitrogens is 1. The maximum atomic E-state index is 12.7. The molecule has 0 spiro atoms. The molecule has 0 saturated carbocycles. The van der Waals surface area contributed by atoms with Crippen LogP contribution in [0, 0.1) is 13.8 Å². The van der Waals surface area contributed by atoms with Gasteiger partial charge in [-0.05, 0) is 69.1 Å². The summed E-state index contributed by atoms with van der Waals surface area (Å²) in [5.74, 6) is -0.267. The average molecular weight is 450 g/mol. The molecule has 8 heteroatoms. The van der Waals surface area contributed by atoms with Gasteiger partial charge in [0.15, 0.2) is 5.13 Å². The molecule has 3 aromatic rings. The van der Waals surface area contributed by atoms with E-state index in [4.69, 9.17) is 0 Å². The van der Waals surface area contributed by atoms with E-state index in [-0.39, 0.29) is 17.9 Å². The number of carbonyl (C=O) groups is 2. The van der Waals surface area contributed by atoms with Gasteiger partial charge in [-0.25, -0.2) is 4.98 Å². The number of nitrogens with zero attached hydrogens (tertiary/aromatic N) is 1. The number of aryl methyl sites for hydroxylation is 2. The van der Waals surface area contributed by atoms with E-state index in [1.807, 2.05) is 44.2 Å². The summed E-state index contributed by atoms with van der Waals surface area (Å²) in [7, 11) is 0. The third-order valence-corrected chi connectivity index (χ3v) is 6.41. The fraction of sp³-hybridized carbons (Fsp3) is 0.292. The minimum Gasteiger partial charge on any atom is -0.349 e. The van der Waals surface area contributed by atoms with Gasteiger partial charge in [0.2, 0.25) is 0 Å². The van der Waals surface area contributed by atoms with Crippen molar-refractivity contribution >= 4 is 39.7 Å². The summed E-state index contributed by atoms with van der Waals surface area (Å²) in [5.41, 5.74) is 4.20. The maximum absolute atomic E-state index is 12.7. The molecule has 7 nitrogen and oxygen atoms in total. The molecule has 0 radical (unpaired) electrons. The lowest BCUT2D eigenvalue weighted by Gasteiger charge is -2.23. The number of nitrogens with one attached hydrogen (secondary N) is 4. The molecule has 2 aromatic carbocycles. The monoisotopic (exact) mass is 449 g/mol. The molecule has 0 atom stereocenters. The van der Waals surface area contributed by atoms with Crippen LogP contribution in [-0.2, 0) is 0 Å². The van der Waals surface area contributed by atoms with Crippen molar-refractivity contribution in [1.82, 2.24) is 15.6 Å². The Labute approximate surface area is 191 Å². The van der Waals surface area contributed by atoms with Crippen LogP contribution < -0.4 is 21.3 Å². The van der Waals surface area contributed by atoms with Gasteiger partial charge < -0.3 is 21.3 Å². The van der Waals surface area contributed by atoms with Crippen LogP contribution in [0.4, 0.5) is 16.5 Å². The Hall–Kier alpha value is -3.23. The van der Waals surface area contributed by atoms with Crippen LogP contribution in [0.1, 0.15) is 44.0 Å². The largest absolute Gasteiger partial charge is 0.349 e. The Kier molecular flexibility index (Phi) is 6.82. The Bertz CT molecular complexity index is 1100. The first kappa shape index (κ1) is 22.0. The van der Waals surface area contributed by atoms with E-state index in [1.54, 1.807) is 18.3 Å². The second kappa shape index (κ2) is 9.93. The van der Waals surface area contributed by atoms with Crippen LogP contribution in [0.25, 0.3) is 0 Å². The zero-order valence-corrected chi connectivity index (χ0v) is 19.0. The zero-order chi connectivity index (χ0) is 22.5. The van der Waals surface area contributed by atoms with Gasteiger partial charge in [-0.15, -0.1) is 0 Å². The summed E-state index contributed by atoms with van der Waals surface area (Å²) in [4.78, 5) is 30.1. The van der Waals surface area contributed by atoms with E-state index in [2.05, 4.69) is 26.3 Å². The number of benzene rings is 2. The van der Waals surface area contributed by atoms with E-state index in [1.165, 1.54) is 11.3 Å². The highest BCUT2D eigenvalue weighted by Gasteiger charge is 2.17. The first-order valence-corrected chi connectivity index (χ1v) is 11.5. The van der Waals surface area contributed by atoms with E-state index >= 15 is 0 Å². The third-order valence-electron chi connectivity index (χ3n) is 5.50. The van der Waals surface area contributed by atoms with E-state index in [0.29, 0.717) is 15.6 Å². The van der Waals surface area contributed by atoms with Gasteiger partial charge >= 0.3 is 0 Å². The molecule has 0 aliphatic carbocycles. The first-order chi connectivity index (χ1) is 15.5. The summed E-state index contributed by atoms with van der Waals surface area (Å²) < 4.78 is 0. The number of anilines is 3. The van der Waals surface area contributed by atoms with Gasteiger partial charge in [-0.2, -0.15) is 0 Å². The quantitative estimate of drug-likeness (QED) is 0.452. The molecule has 1 aliphatic rings. The zero-order valence-electron chi connectivity index (χ0n) is 18.2. The van der Waals surface area contributed by atoms with Crippen LogP contribution in [0.5, 0.6) is 0 Å². The summed E-state index contributed by atoms with van der Waals surface area (Å²) >= 11 is 1.27. The van der Waals surface area contributed by atoms with Crippen LogP contribution in [0.15, 0.2) is 48.7 Å². The molecule has 1 aromatic heterocycles. The number of hydrogen-bond acceptors (Lipinski definition) is 6. The smallest absolute Gasteiger partial charge is 0.267 e. The molecule has 4 N–H and O–H groups in total. The molecule has 0 unspecified atom stereocenters. The second-order valence-electron chi connectivity index (χ2n) is 7.95. The molecule has 166 valence electrons. The highest BCUT2D eigenvalue weighted by Crippen LogP contribution is 2.26. The summed E-state index contributed by atoms with van der Waals surface area (Å²) in [6.45, 7) is 5.79. The molecular formula is C24H27N5O2S. The van der Waals surface area contributed by atoms with Crippen molar-refractivity contribution in [3.63, 3.8) is 0 Å². The predicted molar refractivity (Wildman–Crippen MR) is 129 cm³/mol. The van der Waals surface area contributed by atoms with E-state index in [0.717, 1.165) is 48.4 Å². The highest BCUT2D eigenvalue weighted by atomic mass is 32.1. The van der Waals surface area contributed by atoms with Crippen molar-refractivity contribution in [2.45, 2.75) is 32.7 Å². The lowest BCUT2D eigenvalue weighted by molar-refractivity contribution is 0.0929. The molecule has 2 amide bonds. The molecule has 4 rings (SSSR count). The fourth-order valence-electron chi connectivity index (χ4n) is 3.72. The van der Waals surface area contributed by atoms with Gasteiger partial charge in [0.1, 0.15) is 4.88 Å². The summed E-state index contributed by atoms with van der Waals surface area (Å²) in [5, 5.41) is 13.2. The molecule has 1 fully saturated rings. The van der Waals surface area contributed by atoms with Crippen molar-refractivity contribution < 1.29 is 9.59 Å². The highest BCUT2D eigenvalue weighted by molar-refractivity contribution is 7.17. The summed E-state index contributed by atoms with van der Waals surface area (Å²) in [6, 6.07) is 13.4. The Morgan fingerprint density at radius 1 is 1.03 bits per heavy atom. The topological polar surface area (TPSA) is 95.2 Å². The van der Waals surface area contributed by atoms with Gasteiger partial charge in [-0.3, -0.25) is 9.59 Å². The number of rotatable bonds is 6. The minimum absolute atomic E-state index is 0.0756. The first-order valence-electron chi connectivity index (χ1n) is 10.7. The average Bonchev–Trinajstić information content (AvgIpc) is 3.26. The van der Waals surface area contributed by atoms with Crippen LogP contribution in [0.2, 0.25) is 0 Å². The number of amides is 2. The molecule has 0 bridgehead atoms. The van der Waals surface area contributed by atoms with Gasteiger partial charge in [0, 0.05) is 23.0 Å². The van der Waals surface area contributed by atoms with Crippen LogP contribution in [-0.4, -0.2) is 35.9 Å². The van der Waals surface area contributed by atoms with Crippen LogP contribution in [0.3, 0.4) is 0 Å². The molecular weight excluding hydrogens is 422 g/mol. The van der Waals surface area contributed by atoms with Crippen molar-refractivity contribution in [3.05, 3.63) is 70.2 Å². The normalized spacial score (nSPS) is 14.1. The molecule has 2 heterocycles. The van der Waals surface area contributed by atoms with E-state index in [9.17, 15) is 9.59 Å². The predicted octanol–water partition coefficient (Wildman–Crippen LogP) is 4.24. The number of hydrogen-bond donors (Lipinski definition) is 4. The van der Waals surface area contributed by atoms with Crippen molar-refractivity contribution in [3.8, 4) is 0 Å². The minimum atomic E-state index is -0.192. The maximum Gasteiger partial charge on any atom is 0.267 e. The number of piperidine rings is 1. The summed E-state index contributed by atoms with van der Waals surface area (Å²) in [6.07, 6.45) is 3.44. The second-order valence-corrected chi connectivity index (χ2v) is 8.98. The third kappa shape index (κ3) is 5.33. The van der Waals surface area contributed by atoms with Crippen molar-refractivity contribution in [2.75, 3.05) is 23.7 Å². The van der Waals surface area contributed by atoms with Crippen LogP contribution >= 0.6 is 11.3 Å². The lowest BCUT2D eigenvalue weighted by atomic mass is 10.1. The molecule has 32 heavy (non-hydrogen) atoms. The fourth-order valence-corrected chi connectivity index (χ4v) is 4.45. The van der Waals surface area contributed by atoms with E-state index < -0.39 is 0 Å². The number of thiazole rings is 1. The lowest BCUT2D eigenvalue weighted by Crippen LogP contribution is -2.42. The Morgan fingerprint density at radius 2 is 1.75 bits per heavy atom. The Balaban J connectivity index is 1.40. The number of carbonyl (C=O) groups excluding carboxylic acids is 2. The van der Waals surface area contributed by atoms with Crippen molar-refractivity contribution in [1.29, 1.82) is 0 Å². The standard InChI is InChI=1S/C24H27N5O2S/c1-15-5-3-6-16(2)21(15)29-23(31)20-14-26-24(32-20)28-19-8-4-7-17(13-19)22(30)27-18-9-11-25-12-10-18/h3-8,13-14,18,25H,9-12H2,1-2H3,(H,26,28)(H,27,30)(H,29,31). The SMILES string of the molecule is Cc1cccc(C)c1NC(=O)c1cnc(Nc2cccc(C(=O)NC3CCNCC3)c2)s1. The van der Waals surface area contributed by atoms with Gasteiger partial charge in [0.25, 0.3) is 11.8 Å².